The van der Waals surface area contributed by atoms with Crippen LogP contribution in [0.5, 0.6) is 0 Å². The van der Waals surface area contributed by atoms with Gasteiger partial charge >= 0.3 is 0 Å². The van der Waals surface area contributed by atoms with Gasteiger partial charge in [-0.05, 0) is 0 Å². The van der Waals surface area contributed by atoms with Gasteiger partial charge in [0.25, 0.3) is 0 Å². The highest BCUT2D eigenvalue weighted by molar-refractivity contribution is 6.76. The SMILES string of the molecule is [NH]C(=N)C(Cl)(Cl)Cl. The van der Waals surface area contributed by atoms with Gasteiger partial charge in [0, 0.05) is 0 Å². The molecule has 1 radical (unpaired) electrons. The van der Waals surface area contributed by atoms with Gasteiger partial charge in [-0.1, -0.05) is 34.8 Å². The van der Waals surface area contributed by atoms with Gasteiger partial charge < -0.3 is 0 Å². The zero-order valence-electron chi connectivity index (χ0n) is 3.13. The van der Waals surface area contributed by atoms with Crippen molar-refractivity contribution in [1.82, 2.24) is 5.73 Å². The van der Waals surface area contributed by atoms with Crippen LogP contribution in [-0.4, -0.2) is 9.63 Å². The molecule has 0 heterocycles. The maximum absolute atomic E-state index is 6.42. The van der Waals surface area contributed by atoms with Crippen LogP contribution in [0.15, 0.2) is 0 Å². The van der Waals surface area contributed by atoms with E-state index in [-0.39, 0.29) is 0 Å². The van der Waals surface area contributed by atoms with Crippen molar-refractivity contribution in [2.45, 2.75) is 3.79 Å². The van der Waals surface area contributed by atoms with Crippen LogP contribution in [0.25, 0.3) is 0 Å². The van der Waals surface area contributed by atoms with E-state index >= 15 is 0 Å². The second kappa shape index (κ2) is 2.07. The summed E-state index contributed by atoms with van der Waals surface area (Å²) in [4.78, 5) is 0. The Kier molecular flexibility index (Phi) is 2.17. The summed E-state index contributed by atoms with van der Waals surface area (Å²) in [7, 11) is 0. The fourth-order valence-corrected chi connectivity index (χ4v) is 0. The Bertz CT molecular complexity index is 83.4. The number of hydrogen-bond acceptors (Lipinski definition) is 1. The monoisotopic (exact) mass is 159 g/mol. The molecule has 0 aliphatic carbocycles. The van der Waals surface area contributed by atoms with E-state index in [1.807, 2.05) is 0 Å². The molecule has 0 rings (SSSR count). The average Bonchev–Trinajstić information content (AvgIpc) is 1.31. The van der Waals surface area contributed by atoms with Crippen molar-refractivity contribution in [2.24, 2.45) is 0 Å². The van der Waals surface area contributed by atoms with E-state index in [2.05, 4.69) is 0 Å². The molecule has 0 atom stereocenters. The summed E-state index contributed by atoms with van der Waals surface area (Å²) in [6.07, 6.45) is 0. The molecule has 0 saturated carbocycles. The molecule has 2 N–H and O–H groups in total. The Morgan fingerprint density at radius 3 is 1.43 bits per heavy atom. The predicted molar refractivity (Wildman–Crippen MR) is 31.1 cm³/mol. The quantitative estimate of drug-likeness (QED) is 0.318. The van der Waals surface area contributed by atoms with Gasteiger partial charge in [-0.2, -0.15) is 0 Å². The lowest BCUT2D eigenvalue weighted by molar-refractivity contribution is 1.32. The third-order valence-electron chi connectivity index (χ3n) is 0.283. The van der Waals surface area contributed by atoms with E-state index in [1.165, 1.54) is 0 Å². The van der Waals surface area contributed by atoms with Gasteiger partial charge in [0.1, 0.15) is 0 Å². The lowest BCUT2D eigenvalue weighted by Crippen LogP contribution is -2.17. The number of hydrogen-bond donors (Lipinski definition) is 1. The molecule has 0 saturated heterocycles. The molecular weight excluding hydrogens is 158 g/mol. The van der Waals surface area contributed by atoms with Crippen LogP contribution < -0.4 is 5.73 Å². The molecule has 0 spiro atoms. The van der Waals surface area contributed by atoms with Crippen LogP contribution in [-0.2, 0) is 0 Å². The van der Waals surface area contributed by atoms with Crippen LogP contribution in [0.4, 0.5) is 0 Å². The number of halogens is 3. The van der Waals surface area contributed by atoms with Gasteiger partial charge in [-0.15, -0.1) is 0 Å². The van der Waals surface area contributed by atoms with E-state index in [9.17, 15) is 0 Å². The maximum atomic E-state index is 6.42. The number of alkyl halides is 3. The van der Waals surface area contributed by atoms with Crippen molar-refractivity contribution in [2.75, 3.05) is 0 Å². The highest BCUT2D eigenvalue weighted by atomic mass is 35.6. The summed E-state index contributed by atoms with van der Waals surface area (Å²) in [6, 6.07) is 0. The third-order valence-corrected chi connectivity index (χ3v) is 0.850. The molecule has 7 heavy (non-hydrogen) atoms. The van der Waals surface area contributed by atoms with Gasteiger partial charge in [0.05, 0.1) is 0 Å². The maximum Gasteiger partial charge on any atom is 0.248 e. The van der Waals surface area contributed by atoms with Crippen LogP contribution >= 0.6 is 34.8 Å². The molecule has 0 aliphatic heterocycles. The van der Waals surface area contributed by atoms with Gasteiger partial charge in [-0.25, -0.2) is 0 Å². The number of nitrogens with one attached hydrogen (secondary N) is 2. The molecule has 0 aromatic carbocycles. The number of rotatable bonds is 0. The molecule has 41 valence electrons. The first kappa shape index (κ1) is 7.34. The zero-order valence-corrected chi connectivity index (χ0v) is 5.40. The Labute approximate surface area is 56.0 Å². The topological polar surface area (TPSA) is 47.7 Å². The van der Waals surface area contributed by atoms with Crippen molar-refractivity contribution in [3.05, 3.63) is 0 Å². The highest BCUT2D eigenvalue weighted by Crippen LogP contribution is 2.25. The van der Waals surface area contributed by atoms with Gasteiger partial charge in [0.2, 0.25) is 3.79 Å². The number of amidine groups is 1. The van der Waals surface area contributed by atoms with E-state index < -0.39 is 9.63 Å². The van der Waals surface area contributed by atoms with E-state index in [0.717, 1.165) is 0 Å². The minimum atomic E-state index is -1.83. The second-order valence-electron chi connectivity index (χ2n) is 0.873. The van der Waals surface area contributed by atoms with Crippen LogP contribution in [0.1, 0.15) is 0 Å². The molecule has 2 nitrogen and oxygen atoms in total. The molecule has 0 aliphatic rings. The summed E-state index contributed by atoms with van der Waals surface area (Å²) in [6.45, 7) is 0. The molecule has 0 unspecified atom stereocenters. The highest BCUT2D eigenvalue weighted by Gasteiger charge is 2.23. The lowest BCUT2D eigenvalue weighted by Gasteiger charge is -2.03. The van der Waals surface area contributed by atoms with E-state index in [1.54, 1.807) is 0 Å². The first-order chi connectivity index (χ1) is 2.94. The molecule has 0 aromatic heterocycles. The van der Waals surface area contributed by atoms with Gasteiger partial charge in [-0.3, -0.25) is 11.1 Å². The van der Waals surface area contributed by atoms with Crippen molar-refractivity contribution in [3.63, 3.8) is 0 Å². The third kappa shape index (κ3) is 2.97. The standard InChI is InChI=1S/C2H2Cl3N2/c3-2(4,5)1(6)7/h6-7H. The predicted octanol–water partition coefficient (Wildman–Crippen LogP) is 1.62. The van der Waals surface area contributed by atoms with Crippen molar-refractivity contribution >= 4 is 40.6 Å². The van der Waals surface area contributed by atoms with Crippen LogP contribution in [0.2, 0.25) is 0 Å². The minimum Gasteiger partial charge on any atom is -0.283 e. The molecule has 0 amide bonds. The molecule has 0 bridgehead atoms. The Morgan fingerprint density at radius 1 is 1.29 bits per heavy atom. The first-order valence-electron chi connectivity index (χ1n) is 1.32. The zero-order chi connectivity index (χ0) is 6.08. The average molecular weight is 160 g/mol. The van der Waals surface area contributed by atoms with Crippen LogP contribution in [0.3, 0.4) is 0 Å². The fourth-order valence-electron chi connectivity index (χ4n) is 0. The van der Waals surface area contributed by atoms with E-state index in [4.69, 9.17) is 45.9 Å². The fraction of sp³-hybridized carbons (Fsp3) is 0.500. The summed E-state index contributed by atoms with van der Waals surface area (Å²) in [5.74, 6) is -0.711. The molecule has 5 heteroatoms. The Balaban J connectivity index is 3.79. The molecule has 0 aromatic rings. The summed E-state index contributed by atoms with van der Waals surface area (Å²) in [5, 5.41) is 6.42. The minimum absolute atomic E-state index is 0.711. The molecule has 0 fully saturated rings. The Hall–Kier alpha value is 0.340. The van der Waals surface area contributed by atoms with Crippen molar-refractivity contribution < 1.29 is 0 Å². The van der Waals surface area contributed by atoms with Crippen molar-refractivity contribution in [1.29, 1.82) is 5.41 Å². The van der Waals surface area contributed by atoms with Gasteiger partial charge in [0.15, 0.2) is 5.84 Å². The Morgan fingerprint density at radius 2 is 1.43 bits per heavy atom. The van der Waals surface area contributed by atoms with E-state index in [0.29, 0.717) is 0 Å². The summed E-state index contributed by atoms with van der Waals surface area (Å²) >= 11 is 15.0. The summed E-state index contributed by atoms with van der Waals surface area (Å²) in [5.41, 5.74) is 6.42. The van der Waals surface area contributed by atoms with Crippen LogP contribution in [0, 0.1) is 5.41 Å². The smallest absolute Gasteiger partial charge is 0.248 e. The summed E-state index contributed by atoms with van der Waals surface area (Å²) < 4.78 is -1.83. The normalized spacial score (nSPS) is 11.3. The lowest BCUT2D eigenvalue weighted by atomic mass is 10.7. The second-order valence-corrected chi connectivity index (χ2v) is 3.15. The van der Waals surface area contributed by atoms with Crippen molar-refractivity contribution in [3.8, 4) is 0 Å². The largest absolute Gasteiger partial charge is 0.283 e. The molecular formula is C2H2Cl3N2. The first-order valence-corrected chi connectivity index (χ1v) is 2.45.